The molecule has 3 fully saturated rings. The molecule has 0 aromatic rings. The van der Waals surface area contributed by atoms with Gasteiger partial charge in [0.1, 0.15) is 0 Å². The lowest BCUT2D eigenvalue weighted by atomic mass is 9.47. The van der Waals surface area contributed by atoms with E-state index < -0.39 is 5.60 Å². The van der Waals surface area contributed by atoms with Gasteiger partial charge in [-0.15, -0.1) is 0 Å². The summed E-state index contributed by atoms with van der Waals surface area (Å²) in [5.41, 5.74) is 0.755. The van der Waals surface area contributed by atoms with Crippen molar-refractivity contribution in [3.63, 3.8) is 0 Å². The normalized spacial score (nSPS) is 40.7. The van der Waals surface area contributed by atoms with Crippen molar-refractivity contribution in [1.82, 2.24) is 0 Å². The first kappa shape index (κ1) is 25.1. The van der Waals surface area contributed by atoms with E-state index in [4.69, 9.17) is 0 Å². The van der Waals surface area contributed by atoms with Gasteiger partial charge < -0.3 is 10.3 Å². The van der Waals surface area contributed by atoms with Crippen molar-refractivity contribution < 1.29 is 10.3 Å². The maximum absolute atomic E-state index is 10.4. The molecular weight excluding hydrogens is 382 g/mol. The molecular formula is C28H51NO2. The Labute approximate surface area is 192 Å². The highest BCUT2D eigenvalue weighted by Crippen LogP contribution is 2.66. The van der Waals surface area contributed by atoms with Crippen molar-refractivity contribution in [1.29, 1.82) is 0 Å². The molecule has 180 valence electrons. The van der Waals surface area contributed by atoms with Gasteiger partial charge in [0.05, 0.1) is 11.3 Å². The number of rotatable bonds is 8. The third-order valence-corrected chi connectivity index (χ3v) is 10.2. The van der Waals surface area contributed by atoms with Crippen LogP contribution in [0.15, 0.2) is 5.16 Å². The van der Waals surface area contributed by atoms with Gasteiger partial charge in [-0.1, -0.05) is 59.0 Å². The molecule has 31 heavy (non-hydrogen) atoms. The van der Waals surface area contributed by atoms with Crippen molar-refractivity contribution in [2.75, 3.05) is 0 Å². The zero-order valence-electron chi connectivity index (χ0n) is 21.6. The number of hydrogen-bond donors (Lipinski definition) is 2. The standard InChI is InChI=1S/C28H51NO2/c1-19(2)9-8-10-20(3)22-12-13-23-21-11-14-25(29-31)28(7,18-17-26(4,5)30)24(21)15-16-27(22,23)6/h19-24,30-31H,8-18H2,1-7H3/t20-,21+,22-,23+,24+,27-,28-/m1/s1. The summed E-state index contributed by atoms with van der Waals surface area (Å²) in [6, 6.07) is 0. The van der Waals surface area contributed by atoms with Crippen LogP contribution in [-0.2, 0) is 0 Å². The predicted molar refractivity (Wildman–Crippen MR) is 130 cm³/mol. The maximum Gasteiger partial charge on any atom is 0.0632 e. The van der Waals surface area contributed by atoms with E-state index in [9.17, 15) is 10.3 Å². The molecule has 0 heterocycles. The summed E-state index contributed by atoms with van der Waals surface area (Å²) >= 11 is 0. The molecule has 0 amide bonds. The van der Waals surface area contributed by atoms with E-state index in [1.807, 2.05) is 13.8 Å². The van der Waals surface area contributed by atoms with E-state index in [1.54, 1.807) is 0 Å². The van der Waals surface area contributed by atoms with Crippen molar-refractivity contribution in [2.45, 2.75) is 125 Å². The van der Waals surface area contributed by atoms with Gasteiger partial charge in [0, 0.05) is 5.41 Å². The molecule has 3 aliphatic rings. The molecule has 0 aliphatic heterocycles. The molecule has 0 spiro atoms. The summed E-state index contributed by atoms with van der Waals surface area (Å²) in [4.78, 5) is 0. The fraction of sp³-hybridized carbons (Fsp3) is 0.964. The first-order chi connectivity index (χ1) is 14.4. The number of aliphatic hydroxyl groups is 1. The largest absolute Gasteiger partial charge is 0.411 e. The van der Waals surface area contributed by atoms with Gasteiger partial charge in [0.25, 0.3) is 0 Å². The molecule has 0 unspecified atom stereocenters. The highest BCUT2D eigenvalue weighted by Gasteiger charge is 2.59. The first-order valence-electron chi connectivity index (χ1n) is 13.4. The van der Waals surface area contributed by atoms with E-state index in [2.05, 4.69) is 39.8 Å². The van der Waals surface area contributed by atoms with Crippen molar-refractivity contribution in [3.8, 4) is 0 Å². The quantitative estimate of drug-likeness (QED) is 0.304. The number of oxime groups is 1. The van der Waals surface area contributed by atoms with Crippen LogP contribution in [0.4, 0.5) is 0 Å². The Morgan fingerprint density at radius 1 is 1.03 bits per heavy atom. The number of hydrogen-bond acceptors (Lipinski definition) is 3. The van der Waals surface area contributed by atoms with Crippen LogP contribution in [0.2, 0.25) is 0 Å². The monoisotopic (exact) mass is 433 g/mol. The summed E-state index contributed by atoms with van der Waals surface area (Å²) in [7, 11) is 0. The Kier molecular flexibility index (Phi) is 7.56. The molecule has 0 aromatic heterocycles. The van der Waals surface area contributed by atoms with E-state index >= 15 is 0 Å². The Morgan fingerprint density at radius 2 is 1.74 bits per heavy atom. The molecule has 0 radical (unpaired) electrons. The average Bonchev–Trinajstić information content (AvgIpc) is 3.03. The van der Waals surface area contributed by atoms with E-state index in [1.165, 1.54) is 51.4 Å². The Hall–Kier alpha value is -0.570. The molecule has 0 saturated heterocycles. The highest BCUT2D eigenvalue weighted by atomic mass is 16.4. The third kappa shape index (κ3) is 5.02. The second-order valence-corrected chi connectivity index (χ2v) is 13.2. The molecule has 3 rings (SSSR count). The lowest BCUT2D eigenvalue weighted by molar-refractivity contribution is -0.0501. The zero-order valence-corrected chi connectivity index (χ0v) is 21.6. The second kappa shape index (κ2) is 9.35. The van der Waals surface area contributed by atoms with Crippen LogP contribution in [0.5, 0.6) is 0 Å². The van der Waals surface area contributed by atoms with Crippen LogP contribution in [0.25, 0.3) is 0 Å². The summed E-state index contributed by atoms with van der Waals surface area (Å²) in [6.45, 7) is 16.0. The first-order valence-corrected chi connectivity index (χ1v) is 13.4. The summed E-state index contributed by atoms with van der Waals surface area (Å²) in [5, 5.41) is 24.1. The highest BCUT2D eigenvalue weighted by molar-refractivity contribution is 5.90. The Balaban J connectivity index is 1.76. The molecule has 0 aromatic carbocycles. The van der Waals surface area contributed by atoms with Crippen LogP contribution in [0.3, 0.4) is 0 Å². The minimum atomic E-state index is -0.663. The minimum absolute atomic E-state index is 0.0695. The molecule has 3 saturated carbocycles. The summed E-state index contributed by atoms with van der Waals surface area (Å²) in [5.74, 6) is 4.71. The van der Waals surface area contributed by atoms with Crippen LogP contribution >= 0.6 is 0 Å². The minimum Gasteiger partial charge on any atom is -0.411 e. The van der Waals surface area contributed by atoms with Gasteiger partial charge in [-0.2, -0.15) is 0 Å². The van der Waals surface area contributed by atoms with E-state index in [0.717, 1.165) is 54.6 Å². The van der Waals surface area contributed by atoms with Gasteiger partial charge in [0.2, 0.25) is 0 Å². The van der Waals surface area contributed by atoms with Crippen LogP contribution in [0.1, 0.15) is 119 Å². The van der Waals surface area contributed by atoms with Crippen molar-refractivity contribution in [2.24, 2.45) is 51.5 Å². The second-order valence-electron chi connectivity index (χ2n) is 13.2. The molecule has 3 heteroatoms. The lowest BCUT2D eigenvalue weighted by Gasteiger charge is -2.57. The Morgan fingerprint density at radius 3 is 2.35 bits per heavy atom. The fourth-order valence-corrected chi connectivity index (χ4v) is 8.37. The molecule has 0 bridgehead atoms. The number of nitrogens with zero attached hydrogens (tertiary/aromatic N) is 1. The molecule has 7 atom stereocenters. The van der Waals surface area contributed by atoms with Gasteiger partial charge >= 0.3 is 0 Å². The van der Waals surface area contributed by atoms with Gasteiger partial charge in [-0.25, -0.2) is 0 Å². The van der Waals surface area contributed by atoms with Gasteiger partial charge in [-0.05, 0) is 106 Å². The van der Waals surface area contributed by atoms with Crippen molar-refractivity contribution >= 4 is 5.71 Å². The lowest BCUT2D eigenvalue weighted by Crippen LogP contribution is -2.53. The van der Waals surface area contributed by atoms with Gasteiger partial charge in [0.15, 0.2) is 0 Å². The van der Waals surface area contributed by atoms with E-state index in [-0.39, 0.29) is 5.41 Å². The Bertz CT molecular complexity index is 635. The average molecular weight is 434 g/mol. The predicted octanol–water partition coefficient (Wildman–Crippen LogP) is 7.69. The summed E-state index contributed by atoms with van der Waals surface area (Å²) < 4.78 is 0. The molecule has 3 nitrogen and oxygen atoms in total. The topological polar surface area (TPSA) is 52.8 Å². The van der Waals surface area contributed by atoms with Crippen molar-refractivity contribution in [3.05, 3.63) is 0 Å². The van der Waals surface area contributed by atoms with Crippen LogP contribution in [0, 0.1) is 46.3 Å². The third-order valence-electron chi connectivity index (χ3n) is 10.2. The van der Waals surface area contributed by atoms with Crippen LogP contribution < -0.4 is 0 Å². The smallest absolute Gasteiger partial charge is 0.0632 e. The molecule has 2 N–H and O–H groups in total. The van der Waals surface area contributed by atoms with E-state index in [0.29, 0.717) is 11.3 Å². The zero-order chi connectivity index (χ0) is 23.0. The fourth-order valence-electron chi connectivity index (χ4n) is 8.37. The summed E-state index contributed by atoms with van der Waals surface area (Å²) in [6.07, 6.45) is 13.3. The van der Waals surface area contributed by atoms with Gasteiger partial charge in [-0.3, -0.25) is 0 Å². The van der Waals surface area contributed by atoms with Crippen LogP contribution in [-0.4, -0.2) is 21.6 Å². The molecule has 3 aliphatic carbocycles. The SMILES string of the molecule is CC(C)CCC[C@@H](C)[C@H]1CC[C@H]2[C@@H]3CCC(=NO)[C@](C)(CCC(C)(C)O)[C@H]3CC[C@]12C. The number of fused-ring (bicyclic) bond motifs is 3. The maximum atomic E-state index is 10.4.